The Bertz CT molecular complexity index is 2400. The predicted octanol–water partition coefficient (Wildman–Crippen LogP) is 7.99. The summed E-state index contributed by atoms with van der Waals surface area (Å²) in [5, 5.41) is 0. The first-order valence-corrected chi connectivity index (χ1v) is 15.2. The van der Waals surface area contributed by atoms with E-state index in [2.05, 4.69) is 141 Å². The van der Waals surface area contributed by atoms with Crippen LogP contribution in [0.5, 0.6) is 23.1 Å². The van der Waals surface area contributed by atoms with Crippen LogP contribution in [0.2, 0.25) is 0 Å². The summed E-state index contributed by atoms with van der Waals surface area (Å²) in [5.41, 5.74) is 10.5. The summed E-state index contributed by atoms with van der Waals surface area (Å²) < 4.78 is 20.2. The average Bonchev–Trinajstić information content (AvgIpc) is 3.66. The summed E-state index contributed by atoms with van der Waals surface area (Å²) in [4.78, 5) is 2.36. The van der Waals surface area contributed by atoms with Gasteiger partial charge < -0.3 is 14.4 Å². The number of nitrogens with zero attached hydrogens (tertiary/aromatic N) is 4. The summed E-state index contributed by atoms with van der Waals surface area (Å²) >= 11 is 0. The lowest BCUT2D eigenvalue weighted by Gasteiger charge is -2.41. The minimum absolute atomic E-state index is 0.740. The molecule has 0 fully saturated rings. The fourth-order valence-corrected chi connectivity index (χ4v) is 7.85. The highest BCUT2D eigenvalue weighted by atomic mass is 16.5. The molecule has 0 aliphatic carbocycles. The van der Waals surface area contributed by atoms with Crippen LogP contribution >= 0.6 is 0 Å². The smallest absolute Gasteiger partial charge is 0.449 e. The van der Waals surface area contributed by atoms with Crippen molar-refractivity contribution in [2.24, 2.45) is 0 Å². The van der Waals surface area contributed by atoms with E-state index in [1.807, 2.05) is 24.3 Å². The van der Waals surface area contributed by atoms with Gasteiger partial charge in [0.1, 0.15) is 11.4 Å². The van der Waals surface area contributed by atoms with Crippen molar-refractivity contribution in [2.75, 3.05) is 4.90 Å². The summed E-state index contributed by atoms with van der Waals surface area (Å²) in [7, 11) is 0. The van der Waals surface area contributed by atoms with Crippen molar-refractivity contribution in [3.8, 4) is 51.1 Å². The van der Waals surface area contributed by atoms with Gasteiger partial charge in [-0.15, -0.1) is 4.68 Å². The van der Waals surface area contributed by atoms with E-state index in [1.54, 1.807) is 0 Å². The van der Waals surface area contributed by atoms with E-state index in [-0.39, 0.29) is 0 Å². The highest BCUT2D eigenvalue weighted by molar-refractivity contribution is 5.95. The molecule has 1 atom stereocenters. The maximum Gasteiger partial charge on any atom is 0.449 e. The highest BCUT2D eigenvalue weighted by Gasteiger charge is 2.72. The lowest BCUT2D eigenvalue weighted by Crippen LogP contribution is -2.76. The molecule has 0 radical (unpaired) electrons. The second-order valence-corrected chi connectivity index (χ2v) is 11.9. The molecule has 2 aromatic heterocycles. The molecule has 11 rings (SSSR count). The Labute approximate surface area is 258 Å². The summed E-state index contributed by atoms with van der Waals surface area (Å²) in [6.07, 6.45) is 6.67. The van der Waals surface area contributed by atoms with E-state index in [1.165, 1.54) is 16.7 Å². The fraction of sp³-hybridized carbons (Fsp3) is 0.0256. The average molecular weight is 581 g/mol. The maximum absolute atomic E-state index is 6.66. The zero-order valence-corrected chi connectivity index (χ0v) is 24.0. The van der Waals surface area contributed by atoms with Crippen molar-refractivity contribution in [3.05, 3.63) is 157 Å². The third-order valence-electron chi connectivity index (χ3n) is 9.66. The third-order valence-corrected chi connectivity index (χ3v) is 9.66. The summed E-state index contributed by atoms with van der Waals surface area (Å²) in [5.74, 6) is 3.31. The Kier molecular flexibility index (Phi) is 4.18. The van der Waals surface area contributed by atoms with E-state index < -0.39 is 5.66 Å². The molecule has 6 heteroatoms. The van der Waals surface area contributed by atoms with Crippen molar-refractivity contribution in [2.45, 2.75) is 5.66 Å². The van der Waals surface area contributed by atoms with Gasteiger partial charge in [0.25, 0.3) is 0 Å². The van der Waals surface area contributed by atoms with Crippen LogP contribution in [0, 0.1) is 0 Å². The van der Waals surface area contributed by atoms with Crippen molar-refractivity contribution in [1.29, 1.82) is 0 Å². The molecule has 4 aliphatic rings. The third kappa shape index (κ3) is 2.76. The largest absolute Gasteiger partial charge is 0.453 e. The Morgan fingerprint density at radius 1 is 0.511 bits per heavy atom. The number of aromatic nitrogens is 3. The molecule has 0 bridgehead atoms. The number of hydrogen-bond donors (Lipinski definition) is 0. The molecule has 210 valence electrons. The summed E-state index contributed by atoms with van der Waals surface area (Å²) in [6, 6.07) is 44.5. The zero-order valence-electron chi connectivity index (χ0n) is 24.0. The molecule has 6 heterocycles. The van der Waals surface area contributed by atoms with E-state index in [9.17, 15) is 0 Å². The molecule has 45 heavy (non-hydrogen) atoms. The molecule has 0 saturated heterocycles. The highest BCUT2D eigenvalue weighted by Crippen LogP contribution is 2.63. The molecule has 0 N–H and O–H groups in total. The minimum Gasteiger partial charge on any atom is -0.453 e. The molecule has 1 unspecified atom stereocenters. The molecule has 0 amide bonds. The first-order valence-electron chi connectivity index (χ1n) is 15.2. The Balaban J connectivity index is 1.22. The van der Waals surface area contributed by atoms with Gasteiger partial charge in [-0.1, -0.05) is 77.4 Å². The Hall–Kier alpha value is -6.14. The predicted molar refractivity (Wildman–Crippen MR) is 170 cm³/mol. The number of pyridine rings is 1. The van der Waals surface area contributed by atoms with Crippen LogP contribution in [0.1, 0.15) is 11.1 Å². The van der Waals surface area contributed by atoms with E-state index in [4.69, 9.17) is 9.47 Å². The number of fused-ring (bicyclic) bond motifs is 6. The van der Waals surface area contributed by atoms with Crippen molar-refractivity contribution >= 4 is 17.1 Å². The minimum atomic E-state index is -0.740. The van der Waals surface area contributed by atoms with E-state index in [0.717, 1.165) is 62.6 Å². The quantitative estimate of drug-likeness (QED) is 0.194. The second kappa shape index (κ2) is 8.07. The zero-order chi connectivity index (χ0) is 29.3. The van der Waals surface area contributed by atoms with Crippen molar-refractivity contribution in [1.82, 2.24) is 4.68 Å². The second-order valence-electron chi connectivity index (χ2n) is 11.9. The molecular formula is C39H24N4O2+2. The van der Waals surface area contributed by atoms with Crippen LogP contribution in [-0.4, -0.2) is 4.68 Å². The number of para-hydroxylation sites is 2. The fourth-order valence-electron chi connectivity index (χ4n) is 7.85. The van der Waals surface area contributed by atoms with Crippen LogP contribution in [0.4, 0.5) is 17.1 Å². The van der Waals surface area contributed by atoms with Crippen LogP contribution in [0.25, 0.3) is 27.9 Å². The van der Waals surface area contributed by atoms with Gasteiger partial charge >= 0.3 is 11.5 Å². The van der Waals surface area contributed by atoms with Crippen LogP contribution in [0.3, 0.4) is 0 Å². The van der Waals surface area contributed by atoms with Gasteiger partial charge in [-0.2, -0.15) is 0 Å². The number of ether oxygens (including phenoxy) is 2. The molecule has 4 aliphatic heterocycles. The van der Waals surface area contributed by atoms with Gasteiger partial charge in [-0.3, -0.25) is 0 Å². The summed E-state index contributed by atoms with van der Waals surface area (Å²) in [6.45, 7) is 0. The van der Waals surface area contributed by atoms with E-state index in [0.29, 0.717) is 0 Å². The van der Waals surface area contributed by atoms with Crippen LogP contribution in [-0.2, 0) is 5.66 Å². The SMILES string of the molecule is c1ccc(-c2ccc(-c3cn4[n+](c3)C35c6c(cccc6N6c7ccccc7Oc7ccc-4c3c76)Oc3cccc[n+]35)cc2)cc1. The number of hydrogen-bond acceptors (Lipinski definition) is 3. The first-order chi connectivity index (χ1) is 22.3. The normalized spacial score (nSPS) is 16.8. The molecule has 5 aromatic carbocycles. The van der Waals surface area contributed by atoms with Crippen molar-refractivity contribution < 1.29 is 18.7 Å². The van der Waals surface area contributed by atoms with Gasteiger partial charge in [0.15, 0.2) is 34.6 Å². The molecule has 6 nitrogen and oxygen atoms in total. The van der Waals surface area contributed by atoms with Gasteiger partial charge in [0.05, 0.1) is 29.2 Å². The van der Waals surface area contributed by atoms with E-state index >= 15 is 0 Å². The van der Waals surface area contributed by atoms with Gasteiger partial charge in [0.2, 0.25) is 6.20 Å². The maximum atomic E-state index is 6.66. The molecule has 7 aromatic rings. The molecule has 0 saturated carbocycles. The monoisotopic (exact) mass is 580 g/mol. The van der Waals surface area contributed by atoms with Gasteiger partial charge in [-0.25, -0.2) is 0 Å². The topological polar surface area (TPSA) is 34.4 Å². The number of rotatable bonds is 2. The van der Waals surface area contributed by atoms with Crippen LogP contribution < -0.4 is 23.6 Å². The molecule has 1 spiro atoms. The lowest BCUT2D eigenvalue weighted by atomic mass is 9.81. The Morgan fingerprint density at radius 2 is 1.24 bits per heavy atom. The van der Waals surface area contributed by atoms with Gasteiger partial charge in [-0.05, 0) is 63.8 Å². The van der Waals surface area contributed by atoms with Gasteiger partial charge in [0, 0.05) is 6.07 Å². The van der Waals surface area contributed by atoms with Crippen LogP contribution in [0.15, 0.2) is 146 Å². The Morgan fingerprint density at radius 3 is 2.13 bits per heavy atom. The standard InChI is InChI=1S/C39H24N4O2/c1-2-9-25(10-3-1)26-16-18-27(19-17-26)28-23-41-30-20-21-34-38-37(30)39(42(41)24-28)36-31(43(38)29-11-4-5-13-32(29)44-34)12-8-14-33(36)45-35-15-6-7-22-40(35)39/h1-24H/q+2. The number of benzene rings is 5. The number of anilines is 3. The lowest BCUT2D eigenvalue weighted by molar-refractivity contribution is -0.997. The first kappa shape index (κ1) is 23.3. The molecular weight excluding hydrogens is 556 g/mol. The van der Waals surface area contributed by atoms with Crippen molar-refractivity contribution in [3.63, 3.8) is 0 Å².